The van der Waals surface area contributed by atoms with Crippen LogP contribution in [-0.2, 0) is 30.8 Å². The van der Waals surface area contributed by atoms with Crippen LogP contribution >= 0.6 is 0 Å². The summed E-state index contributed by atoms with van der Waals surface area (Å²) in [7, 11) is -3.68. The molecule has 0 radical (unpaired) electrons. The van der Waals surface area contributed by atoms with E-state index >= 15 is 0 Å². The fraction of sp³-hybridized carbons (Fsp3) is 0.571. The summed E-state index contributed by atoms with van der Waals surface area (Å²) in [6.07, 6.45) is -0.0970. The molecule has 2 N–H and O–H groups in total. The number of carbonyl (C=O) groups excluding carboxylic acids is 3. The predicted molar refractivity (Wildman–Crippen MR) is 112 cm³/mol. The van der Waals surface area contributed by atoms with Crippen LogP contribution in [0.1, 0.15) is 45.2 Å². The van der Waals surface area contributed by atoms with Gasteiger partial charge in [-0.1, -0.05) is 43.7 Å². The zero-order valence-electron chi connectivity index (χ0n) is 17.9. The highest BCUT2D eigenvalue weighted by Gasteiger charge is 2.67. The molecule has 9 heteroatoms. The Morgan fingerprint density at radius 2 is 1.80 bits per heavy atom. The van der Waals surface area contributed by atoms with Crippen molar-refractivity contribution in [2.45, 2.75) is 69.8 Å². The van der Waals surface area contributed by atoms with E-state index in [0.717, 1.165) is 16.0 Å². The topological polar surface area (TPSA) is 113 Å². The Balaban J connectivity index is 1.73. The molecule has 1 aromatic carbocycles. The largest absolute Gasteiger partial charge is 0.350 e. The van der Waals surface area contributed by atoms with Crippen molar-refractivity contribution in [3.8, 4) is 0 Å². The van der Waals surface area contributed by atoms with Gasteiger partial charge < -0.3 is 15.5 Å². The Morgan fingerprint density at radius 1 is 1.20 bits per heavy atom. The fourth-order valence-corrected chi connectivity index (χ4v) is 6.16. The summed E-state index contributed by atoms with van der Waals surface area (Å²) in [5.74, 6) is -1.57. The monoisotopic (exact) mass is 435 g/mol. The number of β-lactam (4-membered cyclic amide) rings is 1. The average molecular weight is 436 g/mol. The normalized spacial score (nSPS) is 24.7. The summed E-state index contributed by atoms with van der Waals surface area (Å²) in [4.78, 5) is 39.0. The lowest BCUT2D eigenvalue weighted by molar-refractivity contribution is -0.150. The first-order chi connectivity index (χ1) is 13.9. The van der Waals surface area contributed by atoms with Gasteiger partial charge in [0, 0.05) is 6.54 Å². The minimum absolute atomic E-state index is 0.0970. The van der Waals surface area contributed by atoms with Gasteiger partial charge in [0.25, 0.3) is 0 Å². The molecular formula is C21H29N3O5S. The third kappa shape index (κ3) is 3.59. The Kier molecular flexibility index (Phi) is 5.70. The van der Waals surface area contributed by atoms with Crippen LogP contribution in [0.3, 0.4) is 0 Å². The number of sulfone groups is 1. The second kappa shape index (κ2) is 7.68. The summed E-state index contributed by atoms with van der Waals surface area (Å²) >= 11 is 0. The zero-order chi connectivity index (χ0) is 22.4. The van der Waals surface area contributed by atoms with Crippen molar-refractivity contribution < 1.29 is 22.8 Å². The second-order valence-corrected chi connectivity index (χ2v) is 11.6. The number of carbonyl (C=O) groups is 3. The van der Waals surface area contributed by atoms with Crippen LogP contribution in [0.5, 0.6) is 0 Å². The highest BCUT2D eigenvalue weighted by atomic mass is 32.2. The number of nitrogens with one attached hydrogen (secondary N) is 2. The van der Waals surface area contributed by atoms with Gasteiger partial charge >= 0.3 is 0 Å². The first kappa shape index (κ1) is 22.3. The van der Waals surface area contributed by atoms with Gasteiger partial charge in [-0.3, -0.25) is 14.4 Å². The molecule has 1 aromatic rings. The summed E-state index contributed by atoms with van der Waals surface area (Å²) in [5, 5.41) is 4.56. The molecule has 0 aliphatic carbocycles. The van der Waals surface area contributed by atoms with Crippen LogP contribution in [-0.4, -0.2) is 53.2 Å². The van der Waals surface area contributed by atoms with Gasteiger partial charge in [-0.2, -0.15) is 0 Å². The number of hydrogen-bond donors (Lipinski definition) is 2. The Morgan fingerprint density at radius 3 is 2.33 bits per heavy atom. The van der Waals surface area contributed by atoms with Gasteiger partial charge in [-0.05, 0) is 32.3 Å². The lowest BCUT2D eigenvalue weighted by Crippen LogP contribution is -2.62. The number of amides is 3. The molecule has 0 spiro atoms. The minimum atomic E-state index is -3.68. The summed E-state index contributed by atoms with van der Waals surface area (Å²) in [6.45, 7) is 8.80. The first-order valence-corrected chi connectivity index (χ1v) is 11.6. The van der Waals surface area contributed by atoms with Gasteiger partial charge in [-0.15, -0.1) is 0 Å². The van der Waals surface area contributed by atoms with Crippen LogP contribution in [0.15, 0.2) is 24.3 Å². The van der Waals surface area contributed by atoms with Crippen LogP contribution in [0.2, 0.25) is 0 Å². The molecule has 0 saturated carbocycles. The maximum Gasteiger partial charge on any atom is 0.245 e. The molecule has 8 nitrogen and oxygen atoms in total. The van der Waals surface area contributed by atoms with E-state index in [-0.39, 0.29) is 24.2 Å². The molecule has 2 heterocycles. The van der Waals surface area contributed by atoms with Crippen LogP contribution < -0.4 is 10.6 Å². The Hall–Kier alpha value is -2.42. The van der Waals surface area contributed by atoms with E-state index in [1.807, 2.05) is 31.2 Å². The Labute approximate surface area is 177 Å². The SMILES string of the molecule is Cc1ccc(CNC(=O)C(NC(=O)C2N3C(=O)CC3S(=O)(=O)C2(C)C)C(C)C)cc1. The highest BCUT2D eigenvalue weighted by Crippen LogP contribution is 2.45. The molecule has 0 bridgehead atoms. The van der Waals surface area contributed by atoms with E-state index in [0.29, 0.717) is 6.54 Å². The third-order valence-corrected chi connectivity index (χ3v) is 8.86. The summed E-state index contributed by atoms with van der Waals surface area (Å²) in [6, 6.07) is 5.73. The van der Waals surface area contributed by atoms with E-state index in [9.17, 15) is 22.8 Å². The van der Waals surface area contributed by atoms with E-state index in [4.69, 9.17) is 0 Å². The number of aryl methyl sites for hydroxylation is 1. The van der Waals surface area contributed by atoms with Crippen molar-refractivity contribution in [3.63, 3.8) is 0 Å². The number of fused-ring (bicyclic) bond motifs is 1. The number of hydrogen-bond acceptors (Lipinski definition) is 5. The minimum Gasteiger partial charge on any atom is -0.350 e. The van der Waals surface area contributed by atoms with Gasteiger partial charge in [0.1, 0.15) is 17.5 Å². The van der Waals surface area contributed by atoms with Crippen molar-refractivity contribution in [1.82, 2.24) is 15.5 Å². The van der Waals surface area contributed by atoms with E-state index in [2.05, 4.69) is 10.6 Å². The molecule has 3 atom stereocenters. The molecule has 3 rings (SSSR count). The van der Waals surface area contributed by atoms with Crippen LogP contribution in [0, 0.1) is 12.8 Å². The van der Waals surface area contributed by atoms with Gasteiger partial charge in [0.2, 0.25) is 17.7 Å². The number of nitrogens with zero attached hydrogens (tertiary/aromatic N) is 1. The first-order valence-electron chi connectivity index (χ1n) is 10.1. The molecule has 2 fully saturated rings. The maximum atomic E-state index is 13.1. The molecule has 164 valence electrons. The highest BCUT2D eigenvalue weighted by molar-refractivity contribution is 7.93. The van der Waals surface area contributed by atoms with Gasteiger partial charge in [-0.25, -0.2) is 8.42 Å². The molecule has 30 heavy (non-hydrogen) atoms. The lowest BCUT2D eigenvalue weighted by Gasteiger charge is -2.37. The van der Waals surface area contributed by atoms with Gasteiger partial charge in [0.15, 0.2) is 9.84 Å². The average Bonchev–Trinajstić information content (AvgIpc) is 2.78. The predicted octanol–water partition coefficient (Wildman–Crippen LogP) is 0.886. The zero-order valence-corrected chi connectivity index (χ0v) is 18.7. The smallest absolute Gasteiger partial charge is 0.245 e. The molecule has 2 aliphatic rings. The molecule has 3 unspecified atom stereocenters. The van der Waals surface area contributed by atoms with E-state index < -0.39 is 37.9 Å². The Bertz CT molecular complexity index is 969. The van der Waals surface area contributed by atoms with E-state index in [1.54, 1.807) is 13.8 Å². The van der Waals surface area contributed by atoms with Crippen molar-refractivity contribution in [2.75, 3.05) is 0 Å². The van der Waals surface area contributed by atoms with Gasteiger partial charge in [0.05, 0.1) is 11.2 Å². The van der Waals surface area contributed by atoms with Crippen molar-refractivity contribution in [2.24, 2.45) is 5.92 Å². The summed E-state index contributed by atoms with van der Waals surface area (Å²) < 4.78 is 24.0. The van der Waals surface area contributed by atoms with Crippen LogP contribution in [0.25, 0.3) is 0 Å². The van der Waals surface area contributed by atoms with Crippen molar-refractivity contribution in [3.05, 3.63) is 35.4 Å². The molecule has 2 saturated heterocycles. The molecule has 2 aliphatic heterocycles. The maximum absolute atomic E-state index is 13.1. The van der Waals surface area contributed by atoms with Crippen LogP contribution in [0.4, 0.5) is 0 Å². The molecule has 0 aromatic heterocycles. The molecular weight excluding hydrogens is 406 g/mol. The van der Waals surface area contributed by atoms with Crippen molar-refractivity contribution >= 4 is 27.6 Å². The van der Waals surface area contributed by atoms with E-state index in [1.165, 1.54) is 13.8 Å². The standard InChI is InChI=1S/C21H29N3O5S/c1-12(2)17(19(26)22-11-14-8-6-13(3)7-9-14)23-20(27)18-21(4,5)30(28,29)16-10-15(25)24(16)18/h6-9,12,16-18H,10-11H2,1-5H3,(H,22,26)(H,23,27). The number of rotatable bonds is 6. The molecule has 3 amide bonds. The number of benzene rings is 1. The fourth-order valence-electron chi connectivity index (χ4n) is 4.03. The quantitative estimate of drug-likeness (QED) is 0.645. The third-order valence-electron chi connectivity index (χ3n) is 6.06. The van der Waals surface area contributed by atoms with Crippen molar-refractivity contribution in [1.29, 1.82) is 0 Å². The second-order valence-electron chi connectivity index (χ2n) is 8.94. The lowest BCUT2D eigenvalue weighted by atomic mass is 9.95. The summed E-state index contributed by atoms with van der Waals surface area (Å²) in [5.41, 5.74) is 2.05.